The minimum absolute atomic E-state index is 0.125. The molecule has 0 N–H and O–H groups in total. The van der Waals surface area contributed by atoms with Crippen molar-refractivity contribution in [3.05, 3.63) is 34.5 Å². The number of rotatable bonds is 0. The van der Waals surface area contributed by atoms with Crippen LogP contribution in [0.4, 0.5) is 4.39 Å². The topological polar surface area (TPSA) is 26.9 Å². The summed E-state index contributed by atoms with van der Waals surface area (Å²) in [5.74, 6) is -0.419. The van der Waals surface area contributed by atoms with Crippen molar-refractivity contribution in [3.8, 4) is 0 Å². The van der Waals surface area contributed by atoms with Gasteiger partial charge >= 0.3 is 0 Å². The van der Waals surface area contributed by atoms with Crippen LogP contribution < -0.4 is 4.73 Å². The lowest BCUT2D eigenvalue weighted by atomic mass is 10.2. The zero-order valence-electron chi connectivity index (χ0n) is 5.89. The molecule has 1 aromatic rings. The van der Waals surface area contributed by atoms with Crippen molar-refractivity contribution in [3.63, 3.8) is 0 Å². The van der Waals surface area contributed by atoms with Gasteiger partial charge in [0.15, 0.2) is 12.0 Å². The standard InChI is InChI=1S/C7H8FNO/c1-5-3-4-9(10)6(2)7(5)8/h3-4H,1-2H3. The fraction of sp³-hybridized carbons (Fsp3) is 0.286. The third-order valence-electron chi connectivity index (χ3n) is 1.45. The molecule has 1 aromatic heterocycles. The first-order chi connectivity index (χ1) is 4.63. The van der Waals surface area contributed by atoms with Crippen LogP contribution in [0.5, 0.6) is 0 Å². The Bertz CT molecular complexity index is 233. The molecule has 3 heteroatoms. The molecule has 0 aromatic carbocycles. The van der Waals surface area contributed by atoms with Crippen molar-refractivity contribution in [1.82, 2.24) is 0 Å². The van der Waals surface area contributed by atoms with Crippen LogP contribution in [-0.2, 0) is 0 Å². The lowest BCUT2D eigenvalue weighted by Crippen LogP contribution is -2.30. The molecular weight excluding hydrogens is 133 g/mol. The zero-order chi connectivity index (χ0) is 7.72. The Balaban J connectivity index is 3.34. The summed E-state index contributed by atoms with van der Waals surface area (Å²) in [6.07, 6.45) is 1.30. The number of aromatic nitrogens is 1. The van der Waals surface area contributed by atoms with Gasteiger partial charge < -0.3 is 5.21 Å². The third kappa shape index (κ3) is 0.943. The third-order valence-corrected chi connectivity index (χ3v) is 1.45. The van der Waals surface area contributed by atoms with Gasteiger partial charge in [-0.05, 0) is 12.5 Å². The number of aryl methyl sites for hydroxylation is 1. The fourth-order valence-corrected chi connectivity index (χ4v) is 0.747. The Kier molecular flexibility index (Phi) is 1.57. The molecule has 0 saturated carbocycles. The fourth-order valence-electron chi connectivity index (χ4n) is 0.747. The van der Waals surface area contributed by atoms with Gasteiger partial charge in [0.2, 0.25) is 5.69 Å². The van der Waals surface area contributed by atoms with E-state index in [0.29, 0.717) is 10.3 Å². The van der Waals surface area contributed by atoms with E-state index in [1.807, 2.05) is 0 Å². The molecule has 0 unspecified atom stereocenters. The van der Waals surface area contributed by atoms with Gasteiger partial charge in [-0.2, -0.15) is 9.12 Å². The Labute approximate surface area is 58.5 Å². The van der Waals surface area contributed by atoms with Crippen LogP contribution in [0.1, 0.15) is 11.3 Å². The minimum Gasteiger partial charge on any atom is -0.618 e. The Morgan fingerprint density at radius 3 is 2.60 bits per heavy atom. The van der Waals surface area contributed by atoms with E-state index in [0.717, 1.165) is 0 Å². The molecule has 0 amide bonds. The van der Waals surface area contributed by atoms with Gasteiger partial charge in [-0.25, -0.2) is 0 Å². The summed E-state index contributed by atoms with van der Waals surface area (Å²) in [7, 11) is 0. The summed E-state index contributed by atoms with van der Waals surface area (Å²) < 4.78 is 13.3. The molecule has 0 fully saturated rings. The zero-order valence-corrected chi connectivity index (χ0v) is 5.89. The van der Waals surface area contributed by atoms with E-state index in [9.17, 15) is 9.60 Å². The van der Waals surface area contributed by atoms with Crippen molar-refractivity contribution in [2.75, 3.05) is 0 Å². The molecule has 54 valence electrons. The molecule has 0 spiro atoms. The molecule has 1 heterocycles. The molecule has 1 rings (SSSR count). The van der Waals surface area contributed by atoms with E-state index in [2.05, 4.69) is 0 Å². The summed E-state index contributed by atoms with van der Waals surface area (Å²) in [5, 5.41) is 10.7. The minimum atomic E-state index is -0.419. The van der Waals surface area contributed by atoms with E-state index in [1.165, 1.54) is 19.2 Å². The molecule has 0 saturated heterocycles. The van der Waals surface area contributed by atoms with Crippen LogP contribution in [0.15, 0.2) is 12.3 Å². The quantitative estimate of drug-likeness (QED) is 0.392. The second kappa shape index (κ2) is 2.25. The SMILES string of the molecule is Cc1cc[n+]([O-])c(C)c1F. The van der Waals surface area contributed by atoms with Crippen LogP contribution >= 0.6 is 0 Å². The Morgan fingerprint density at radius 1 is 1.50 bits per heavy atom. The van der Waals surface area contributed by atoms with Crippen molar-refractivity contribution in [2.24, 2.45) is 0 Å². The molecule has 0 aliphatic heterocycles. The summed E-state index contributed by atoms with van der Waals surface area (Å²) in [5.41, 5.74) is 0.629. The number of pyridine rings is 1. The highest BCUT2D eigenvalue weighted by Gasteiger charge is 2.08. The maximum atomic E-state index is 12.8. The predicted molar refractivity (Wildman–Crippen MR) is 34.8 cm³/mol. The first-order valence-electron chi connectivity index (χ1n) is 2.98. The smallest absolute Gasteiger partial charge is 0.225 e. The molecule has 10 heavy (non-hydrogen) atoms. The monoisotopic (exact) mass is 141 g/mol. The number of hydrogen-bond acceptors (Lipinski definition) is 1. The molecule has 0 bridgehead atoms. The lowest BCUT2D eigenvalue weighted by molar-refractivity contribution is -0.614. The molecule has 0 aliphatic carbocycles. The van der Waals surface area contributed by atoms with Gasteiger partial charge in [0.1, 0.15) is 0 Å². The van der Waals surface area contributed by atoms with Gasteiger partial charge in [0.25, 0.3) is 0 Å². The number of halogens is 1. The van der Waals surface area contributed by atoms with Crippen LogP contribution in [0.2, 0.25) is 0 Å². The first kappa shape index (κ1) is 6.99. The molecule has 2 nitrogen and oxygen atoms in total. The average molecular weight is 141 g/mol. The van der Waals surface area contributed by atoms with Crippen molar-refractivity contribution in [1.29, 1.82) is 0 Å². The highest BCUT2D eigenvalue weighted by molar-refractivity contribution is 5.12. The Morgan fingerprint density at radius 2 is 2.10 bits per heavy atom. The summed E-state index contributed by atoms with van der Waals surface area (Å²) in [4.78, 5) is 0. The maximum Gasteiger partial charge on any atom is 0.225 e. The normalized spacial score (nSPS) is 9.90. The number of nitrogens with zero attached hydrogens (tertiary/aromatic N) is 1. The van der Waals surface area contributed by atoms with Gasteiger partial charge in [-0.1, -0.05) is 0 Å². The average Bonchev–Trinajstić information content (AvgIpc) is 1.93. The van der Waals surface area contributed by atoms with Gasteiger partial charge in [-0.15, -0.1) is 0 Å². The summed E-state index contributed by atoms with van der Waals surface area (Å²) in [6, 6.07) is 1.45. The van der Waals surface area contributed by atoms with Gasteiger partial charge in [-0.3, -0.25) is 0 Å². The van der Waals surface area contributed by atoms with E-state index >= 15 is 0 Å². The second-order valence-corrected chi connectivity index (χ2v) is 2.22. The molecule has 0 aliphatic rings. The van der Waals surface area contributed by atoms with Gasteiger partial charge in [0.05, 0.1) is 0 Å². The highest BCUT2D eigenvalue weighted by atomic mass is 19.1. The van der Waals surface area contributed by atoms with Crippen LogP contribution in [-0.4, -0.2) is 0 Å². The van der Waals surface area contributed by atoms with E-state index in [-0.39, 0.29) is 5.69 Å². The predicted octanol–water partition coefficient (Wildman–Crippen LogP) is 1.08. The summed E-state index contributed by atoms with van der Waals surface area (Å²) >= 11 is 0. The van der Waals surface area contributed by atoms with Crippen LogP contribution in [0.25, 0.3) is 0 Å². The molecular formula is C7H8FNO. The van der Waals surface area contributed by atoms with Crippen LogP contribution in [0.3, 0.4) is 0 Å². The number of hydrogen-bond donors (Lipinski definition) is 0. The lowest BCUT2D eigenvalue weighted by Gasteiger charge is -2.01. The maximum absolute atomic E-state index is 12.8. The first-order valence-corrected chi connectivity index (χ1v) is 2.98. The highest BCUT2D eigenvalue weighted by Crippen LogP contribution is 2.04. The van der Waals surface area contributed by atoms with Crippen molar-refractivity contribution < 1.29 is 9.12 Å². The van der Waals surface area contributed by atoms with E-state index in [4.69, 9.17) is 0 Å². The Hall–Kier alpha value is -1.12. The van der Waals surface area contributed by atoms with E-state index < -0.39 is 5.82 Å². The van der Waals surface area contributed by atoms with Gasteiger partial charge in [0, 0.05) is 13.0 Å². The van der Waals surface area contributed by atoms with Crippen molar-refractivity contribution in [2.45, 2.75) is 13.8 Å². The molecule has 0 radical (unpaired) electrons. The summed E-state index contributed by atoms with van der Waals surface area (Å²) in [6.45, 7) is 3.08. The largest absolute Gasteiger partial charge is 0.618 e. The molecule has 0 atom stereocenters. The van der Waals surface area contributed by atoms with Crippen molar-refractivity contribution >= 4 is 0 Å². The second-order valence-electron chi connectivity index (χ2n) is 2.22. The van der Waals surface area contributed by atoms with E-state index in [1.54, 1.807) is 6.92 Å². The van der Waals surface area contributed by atoms with Crippen LogP contribution in [0, 0.1) is 24.9 Å².